The topological polar surface area (TPSA) is 57.1 Å². The molecule has 5 nitrogen and oxygen atoms in total. The summed E-state index contributed by atoms with van der Waals surface area (Å²) in [7, 11) is -3.22. The zero-order chi connectivity index (χ0) is 16.4. The summed E-state index contributed by atoms with van der Waals surface area (Å²) in [6, 6.07) is 7.57. The lowest BCUT2D eigenvalue weighted by atomic mass is 9.94. The molecule has 3 rings (SSSR count). The van der Waals surface area contributed by atoms with Crippen molar-refractivity contribution in [3.05, 3.63) is 34.9 Å². The predicted octanol–water partition coefficient (Wildman–Crippen LogP) is 4.46. The number of oxime groups is 1. The monoisotopic (exact) mass is 357 g/mol. The van der Waals surface area contributed by atoms with E-state index in [-0.39, 0.29) is 17.5 Å². The van der Waals surface area contributed by atoms with Gasteiger partial charge < -0.3 is 13.9 Å². The van der Waals surface area contributed by atoms with Crippen molar-refractivity contribution in [2.24, 2.45) is 11.1 Å². The van der Waals surface area contributed by atoms with Crippen molar-refractivity contribution in [2.45, 2.75) is 31.8 Å². The zero-order valence-electron chi connectivity index (χ0n) is 13.3. The largest absolute Gasteiger partial charge is 0.395 e. The molecule has 1 aromatic carbocycles. The maximum atomic E-state index is 13.3. The van der Waals surface area contributed by atoms with Crippen LogP contribution in [0.1, 0.15) is 31.7 Å². The van der Waals surface area contributed by atoms with Crippen LogP contribution in [0.25, 0.3) is 0 Å². The fourth-order valence-electron chi connectivity index (χ4n) is 3.45. The third-order valence-electron chi connectivity index (χ3n) is 4.35. The predicted molar refractivity (Wildman–Crippen MR) is 90.3 cm³/mol. The van der Waals surface area contributed by atoms with Crippen LogP contribution in [0.15, 0.2) is 29.4 Å². The lowest BCUT2D eigenvalue weighted by molar-refractivity contribution is 0.149. The van der Waals surface area contributed by atoms with Crippen LogP contribution in [-0.4, -0.2) is 31.2 Å². The second-order valence-electron chi connectivity index (χ2n) is 5.72. The average Bonchev–Trinajstić information content (AvgIpc) is 3.09. The molecule has 3 atom stereocenters. The minimum atomic E-state index is -3.22. The van der Waals surface area contributed by atoms with Crippen LogP contribution in [0, 0.1) is 5.92 Å². The molecule has 1 aliphatic carbocycles. The third kappa shape index (κ3) is 3.20. The second kappa shape index (κ2) is 6.94. The molecule has 0 spiro atoms. The summed E-state index contributed by atoms with van der Waals surface area (Å²) in [5.74, 6) is 0.0543. The van der Waals surface area contributed by atoms with Gasteiger partial charge in [-0.05, 0) is 38.0 Å². The maximum absolute atomic E-state index is 13.3. The van der Waals surface area contributed by atoms with E-state index in [2.05, 4.69) is 5.16 Å². The molecule has 0 radical (unpaired) electrons. The van der Waals surface area contributed by atoms with E-state index >= 15 is 0 Å². The number of hydrogen-bond acceptors (Lipinski definition) is 5. The summed E-state index contributed by atoms with van der Waals surface area (Å²) >= 11 is 6.00. The summed E-state index contributed by atoms with van der Waals surface area (Å²) in [6.45, 7) is 4.91. The Kier molecular flexibility index (Phi) is 5.12. The molecule has 2 aliphatic rings. The molecule has 0 bridgehead atoms. The first-order chi connectivity index (χ1) is 11.1. The van der Waals surface area contributed by atoms with Crippen LogP contribution in [-0.2, 0) is 18.5 Å². The molecule has 1 saturated carbocycles. The number of benzene rings is 1. The quantitative estimate of drug-likeness (QED) is 0.705. The first-order valence-electron chi connectivity index (χ1n) is 7.93. The number of halogens is 1. The van der Waals surface area contributed by atoms with Gasteiger partial charge in [0.25, 0.3) is 0 Å². The van der Waals surface area contributed by atoms with E-state index in [1.807, 2.05) is 38.1 Å². The van der Waals surface area contributed by atoms with Gasteiger partial charge in [0.05, 0.1) is 24.6 Å². The van der Waals surface area contributed by atoms with E-state index in [1.165, 1.54) is 0 Å². The van der Waals surface area contributed by atoms with Gasteiger partial charge in [0.2, 0.25) is 0 Å². The third-order valence-corrected chi connectivity index (χ3v) is 7.16. The summed E-state index contributed by atoms with van der Waals surface area (Å²) < 4.78 is 24.5. The highest BCUT2D eigenvalue weighted by atomic mass is 35.5. The van der Waals surface area contributed by atoms with E-state index in [0.29, 0.717) is 31.3 Å². The number of rotatable bonds is 6. The highest BCUT2D eigenvalue weighted by Crippen LogP contribution is 2.63. The highest BCUT2D eigenvalue weighted by molar-refractivity contribution is 7.54. The van der Waals surface area contributed by atoms with Crippen LogP contribution >= 0.6 is 19.2 Å². The van der Waals surface area contributed by atoms with Crippen LogP contribution in [0.3, 0.4) is 0 Å². The summed E-state index contributed by atoms with van der Waals surface area (Å²) in [4.78, 5) is 5.26. The van der Waals surface area contributed by atoms with Crippen molar-refractivity contribution in [3.8, 4) is 0 Å². The lowest BCUT2D eigenvalue weighted by Gasteiger charge is -2.28. The maximum Gasteiger partial charge on any atom is 0.334 e. The fraction of sp³-hybridized carbons (Fsp3) is 0.562. The Morgan fingerprint density at radius 2 is 1.91 bits per heavy atom. The van der Waals surface area contributed by atoms with E-state index in [9.17, 15) is 4.57 Å². The highest BCUT2D eigenvalue weighted by Gasteiger charge is 2.53. The molecule has 7 heteroatoms. The van der Waals surface area contributed by atoms with Crippen molar-refractivity contribution in [3.63, 3.8) is 0 Å². The molecule has 1 unspecified atom stereocenters. The summed E-state index contributed by atoms with van der Waals surface area (Å²) in [5, 5.41) is 4.88. The average molecular weight is 358 g/mol. The normalized spacial score (nSPS) is 26.7. The number of nitrogens with zero attached hydrogens (tertiary/aromatic N) is 1. The lowest BCUT2D eigenvalue weighted by Crippen LogP contribution is -2.20. The van der Waals surface area contributed by atoms with Gasteiger partial charge in [-0.2, -0.15) is 0 Å². The smallest absolute Gasteiger partial charge is 0.334 e. The minimum absolute atomic E-state index is 0.122. The van der Waals surface area contributed by atoms with E-state index in [0.717, 1.165) is 11.3 Å². The van der Waals surface area contributed by atoms with Gasteiger partial charge in [0.1, 0.15) is 6.61 Å². The Bertz CT molecular complexity index is 623. The van der Waals surface area contributed by atoms with Crippen molar-refractivity contribution < 1.29 is 18.5 Å². The second-order valence-corrected chi connectivity index (χ2v) is 8.41. The molecule has 1 aliphatic heterocycles. The Morgan fingerprint density at radius 3 is 2.52 bits per heavy atom. The fourth-order valence-corrected chi connectivity index (χ4v) is 5.96. The Hall–Kier alpha value is -0.870. The minimum Gasteiger partial charge on any atom is -0.395 e. The van der Waals surface area contributed by atoms with E-state index in [4.69, 9.17) is 25.5 Å². The number of fused-ring (bicyclic) bond motifs is 1. The molecule has 0 saturated heterocycles. The molecular weight excluding hydrogens is 337 g/mol. The molecule has 0 amide bonds. The van der Waals surface area contributed by atoms with Crippen LogP contribution in [0.4, 0.5) is 0 Å². The molecule has 1 aromatic rings. The van der Waals surface area contributed by atoms with E-state index in [1.54, 1.807) is 0 Å². The molecular formula is C16H21ClNO4P. The van der Waals surface area contributed by atoms with Crippen LogP contribution < -0.4 is 0 Å². The van der Waals surface area contributed by atoms with Gasteiger partial charge in [-0.15, -0.1) is 0 Å². The van der Waals surface area contributed by atoms with Gasteiger partial charge in [0.15, 0.2) is 0 Å². The molecule has 1 heterocycles. The standard InChI is InChI=1S/C16H21ClNO4P/c1-3-21-23(19,22-4-2)14-9-12-10-20-18-16(12)15(14)11-5-7-13(17)8-6-11/h5-8,12,14-15H,3-4,9-10H2,1-2H3/t12-,14-,15?/m1/s1. The Morgan fingerprint density at radius 1 is 1.26 bits per heavy atom. The van der Waals surface area contributed by atoms with Crippen LogP contribution in [0.2, 0.25) is 5.02 Å². The zero-order valence-corrected chi connectivity index (χ0v) is 14.9. The molecule has 126 valence electrons. The molecule has 1 fully saturated rings. The van der Waals surface area contributed by atoms with Crippen molar-refractivity contribution >= 4 is 24.9 Å². The summed E-state index contributed by atoms with van der Waals surface area (Å²) in [5.41, 5.74) is 1.72. The SMILES string of the molecule is CCOP(=O)(OCC)[C@@H]1C[C@@H]2CON=C2C1c1ccc(Cl)cc1. The Labute approximate surface area is 141 Å². The first kappa shape index (κ1) is 17.0. The van der Waals surface area contributed by atoms with Gasteiger partial charge in [-0.3, -0.25) is 4.57 Å². The van der Waals surface area contributed by atoms with Crippen molar-refractivity contribution in [1.82, 2.24) is 0 Å². The molecule has 0 N–H and O–H groups in total. The van der Waals surface area contributed by atoms with Gasteiger partial charge in [-0.25, -0.2) is 0 Å². The van der Waals surface area contributed by atoms with Gasteiger partial charge in [0, 0.05) is 16.9 Å². The van der Waals surface area contributed by atoms with Crippen LogP contribution in [0.5, 0.6) is 0 Å². The van der Waals surface area contributed by atoms with E-state index < -0.39 is 7.60 Å². The van der Waals surface area contributed by atoms with Gasteiger partial charge >= 0.3 is 7.60 Å². The number of hydrogen-bond donors (Lipinski definition) is 0. The summed E-state index contributed by atoms with van der Waals surface area (Å²) in [6.07, 6.45) is 0.698. The molecule has 23 heavy (non-hydrogen) atoms. The van der Waals surface area contributed by atoms with Crippen molar-refractivity contribution in [2.75, 3.05) is 19.8 Å². The van der Waals surface area contributed by atoms with Gasteiger partial charge in [-0.1, -0.05) is 28.9 Å². The first-order valence-corrected chi connectivity index (χ1v) is 9.92. The molecule has 0 aromatic heterocycles. The van der Waals surface area contributed by atoms with Crippen molar-refractivity contribution in [1.29, 1.82) is 0 Å². The Balaban J connectivity index is 2.00.